The molecule has 2 unspecified atom stereocenters. The number of rotatable bonds is 10. The second-order valence-electron chi connectivity index (χ2n) is 11.5. The molecule has 1 aliphatic rings. The van der Waals surface area contributed by atoms with Gasteiger partial charge in [0.15, 0.2) is 5.78 Å². The highest BCUT2D eigenvalue weighted by Gasteiger charge is 2.58. The van der Waals surface area contributed by atoms with Gasteiger partial charge in [-0.15, -0.1) is 0 Å². The summed E-state index contributed by atoms with van der Waals surface area (Å²) in [6, 6.07) is 20.6. The maximum atomic E-state index is 13.1. The van der Waals surface area contributed by atoms with E-state index in [0.717, 1.165) is 0 Å². The van der Waals surface area contributed by atoms with Crippen LogP contribution in [0.2, 0.25) is 0 Å². The first-order valence-electron chi connectivity index (χ1n) is 13.7. The number of carboxylic acid groups (broad SMARTS) is 2. The second kappa shape index (κ2) is 12.0. The van der Waals surface area contributed by atoms with Gasteiger partial charge < -0.3 is 20.8 Å². The quantitative estimate of drug-likeness (QED) is 0.256. The molecule has 218 valence electrons. The summed E-state index contributed by atoms with van der Waals surface area (Å²) < 4.78 is 0. The number of carboxylic acids is 2. The van der Waals surface area contributed by atoms with Gasteiger partial charge >= 0.3 is 11.9 Å². The van der Waals surface area contributed by atoms with Gasteiger partial charge in [-0.05, 0) is 55.0 Å². The van der Waals surface area contributed by atoms with Crippen LogP contribution in [0.15, 0.2) is 78.9 Å². The van der Waals surface area contributed by atoms with Crippen LogP contribution in [0.25, 0.3) is 0 Å². The first-order chi connectivity index (χ1) is 19.8. The zero-order valence-corrected chi connectivity index (χ0v) is 23.7. The molecule has 3 aromatic carbocycles. The molecule has 0 radical (unpaired) electrons. The lowest BCUT2D eigenvalue weighted by Gasteiger charge is -2.38. The molecule has 1 saturated carbocycles. The Balaban J connectivity index is 1.39. The maximum absolute atomic E-state index is 13.1. The van der Waals surface area contributed by atoms with E-state index in [1.165, 1.54) is 6.07 Å². The molecule has 0 aromatic heterocycles. The van der Waals surface area contributed by atoms with Crippen molar-refractivity contribution in [1.82, 2.24) is 5.32 Å². The average Bonchev–Trinajstić information content (AvgIpc) is 3.22. The van der Waals surface area contributed by atoms with Crippen LogP contribution in [0.3, 0.4) is 0 Å². The second-order valence-corrected chi connectivity index (χ2v) is 11.5. The number of hydrogen-bond acceptors (Lipinski definition) is 5. The molecular formula is C33H34N2O7. The molecule has 1 fully saturated rings. The van der Waals surface area contributed by atoms with Gasteiger partial charge in [0.2, 0.25) is 5.91 Å². The molecular weight excluding hydrogens is 536 g/mol. The Morgan fingerprint density at radius 1 is 0.833 bits per heavy atom. The van der Waals surface area contributed by atoms with E-state index in [1.807, 2.05) is 6.07 Å². The van der Waals surface area contributed by atoms with Gasteiger partial charge in [0.25, 0.3) is 5.91 Å². The van der Waals surface area contributed by atoms with Crippen LogP contribution in [-0.2, 0) is 20.8 Å². The third kappa shape index (κ3) is 6.10. The summed E-state index contributed by atoms with van der Waals surface area (Å²) >= 11 is 0. The Bertz CT molecular complexity index is 1510. The lowest BCUT2D eigenvalue weighted by Crippen LogP contribution is -2.49. The summed E-state index contributed by atoms with van der Waals surface area (Å²) in [5, 5.41) is 24.9. The number of amides is 2. The molecule has 2 amide bonds. The third-order valence-electron chi connectivity index (χ3n) is 8.70. The highest BCUT2D eigenvalue weighted by atomic mass is 16.4. The fraction of sp³-hybridized carbons (Fsp3) is 0.303. The van der Waals surface area contributed by atoms with E-state index < -0.39 is 46.5 Å². The fourth-order valence-electron chi connectivity index (χ4n) is 5.54. The Morgan fingerprint density at radius 2 is 1.45 bits per heavy atom. The molecule has 4 rings (SSSR count). The summed E-state index contributed by atoms with van der Waals surface area (Å²) in [6.45, 7) is 5.09. The van der Waals surface area contributed by atoms with E-state index in [-0.39, 0.29) is 12.2 Å². The van der Waals surface area contributed by atoms with Crippen LogP contribution < -0.4 is 10.6 Å². The molecule has 0 saturated heterocycles. The van der Waals surface area contributed by atoms with E-state index in [1.54, 1.807) is 87.5 Å². The molecule has 9 nitrogen and oxygen atoms in total. The molecule has 4 N–H and O–H groups in total. The number of ketones is 1. The van der Waals surface area contributed by atoms with Crippen molar-refractivity contribution >= 4 is 35.2 Å². The number of hydrogen-bond donors (Lipinski definition) is 4. The average molecular weight is 571 g/mol. The van der Waals surface area contributed by atoms with Crippen molar-refractivity contribution in [2.75, 3.05) is 5.32 Å². The number of anilines is 1. The third-order valence-corrected chi connectivity index (χ3v) is 8.70. The lowest BCUT2D eigenvalue weighted by atomic mass is 9.65. The van der Waals surface area contributed by atoms with Crippen LogP contribution in [0.1, 0.15) is 65.5 Å². The SMILES string of the molecule is CC1(C(=O)O)CCC(C(=O)N[C@@H](Cc2ccc(NC(=O)c3cccc(C(=O)c4ccccc4)c3)cc2)C(=O)O)C1(C)C. The van der Waals surface area contributed by atoms with Crippen molar-refractivity contribution in [2.24, 2.45) is 16.7 Å². The van der Waals surface area contributed by atoms with Gasteiger partial charge in [0, 0.05) is 34.7 Å². The normalized spacial score (nSPS) is 19.8. The van der Waals surface area contributed by atoms with Gasteiger partial charge in [0.05, 0.1) is 5.41 Å². The van der Waals surface area contributed by atoms with Crippen LogP contribution in [0.5, 0.6) is 0 Å². The summed E-state index contributed by atoms with van der Waals surface area (Å²) in [4.78, 5) is 62.6. The van der Waals surface area contributed by atoms with Crippen LogP contribution in [-0.4, -0.2) is 45.8 Å². The van der Waals surface area contributed by atoms with E-state index in [2.05, 4.69) is 10.6 Å². The summed E-state index contributed by atoms with van der Waals surface area (Å²) in [6.07, 6.45) is 0.681. The minimum Gasteiger partial charge on any atom is -0.481 e. The number of nitrogens with one attached hydrogen (secondary N) is 2. The molecule has 0 spiro atoms. The Kier molecular flexibility index (Phi) is 8.61. The summed E-state index contributed by atoms with van der Waals surface area (Å²) in [5.74, 6) is -3.90. The van der Waals surface area contributed by atoms with Crippen molar-refractivity contribution in [3.8, 4) is 0 Å². The fourth-order valence-corrected chi connectivity index (χ4v) is 5.54. The molecule has 3 aromatic rings. The van der Waals surface area contributed by atoms with Crippen LogP contribution >= 0.6 is 0 Å². The maximum Gasteiger partial charge on any atom is 0.326 e. The highest BCUT2D eigenvalue weighted by Crippen LogP contribution is 2.56. The molecule has 0 heterocycles. The number of benzene rings is 3. The minimum atomic E-state index is -1.21. The topological polar surface area (TPSA) is 150 Å². The molecule has 42 heavy (non-hydrogen) atoms. The van der Waals surface area contributed by atoms with Gasteiger partial charge in [-0.2, -0.15) is 0 Å². The standard InChI is InChI=1S/C33H34N2O7/c1-32(2)25(16-17-33(32,3)31(41)42)29(38)35-26(30(39)40)18-20-12-14-24(15-13-20)34-28(37)23-11-7-10-22(19-23)27(36)21-8-5-4-6-9-21/h4-15,19,25-26H,16-18H2,1-3H3,(H,34,37)(H,35,38)(H,39,40)(H,41,42)/t25?,26-,33?/m0/s1. The Labute approximate surface area is 244 Å². The lowest BCUT2D eigenvalue weighted by molar-refractivity contribution is -0.155. The van der Waals surface area contributed by atoms with Gasteiger partial charge in [-0.1, -0.05) is 68.4 Å². The van der Waals surface area contributed by atoms with Crippen molar-refractivity contribution in [3.05, 3.63) is 101 Å². The van der Waals surface area contributed by atoms with Crippen molar-refractivity contribution < 1.29 is 34.2 Å². The first-order valence-corrected chi connectivity index (χ1v) is 13.7. The first kappa shape index (κ1) is 30.2. The Morgan fingerprint density at radius 3 is 2.05 bits per heavy atom. The minimum absolute atomic E-state index is 0.00227. The number of aliphatic carboxylic acids is 2. The zero-order valence-electron chi connectivity index (χ0n) is 23.7. The monoisotopic (exact) mass is 570 g/mol. The van der Waals surface area contributed by atoms with Crippen LogP contribution in [0, 0.1) is 16.7 Å². The van der Waals surface area contributed by atoms with Crippen molar-refractivity contribution in [2.45, 2.75) is 46.1 Å². The highest BCUT2D eigenvalue weighted by molar-refractivity contribution is 6.11. The molecule has 0 aliphatic heterocycles. The molecule has 9 heteroatoms. The zero-order chi connectivity index (χ0) is 30.7. The predicted molar refractivity (Wildman–Crippen MR) is 156 cm³/mol. The van der Waals surface area contributed by atoms with Gasteiger partial charge in [0.1, 0.15) is 6.04 Å². The number of carbonyl (C=O) groups excluding carboxylic acids is 3. The van der Waals surface area contributed by atoms with E-state index in [0.29, 0.717) is 40.8 Å². The molecule has 3 atom stereocenters. The van der Waals surface area contributed by atoms with Gasteiger partial charge in [-0.3, -0.25) is 19.2 Å². The van der Waals surface area contributed by atoms with Crippen LogP contribution in [0.4, 0.5) is 5.69 Å². The predicted octanol–water partition coefficient (Wildman–Crippen LogP) is 4.81. The van der Waals surface area contributed by atoms with E-state index in [9.17, 15) is 34.2 Å². The van der Waals surface area contributed by atoms with Crippen molar-refractivity contribution in [1.29, 1.82) is 0 Å². The van der Waals surface area contributed by atoms with Gasteiger partial charge in [-0.25, -0.2) is 4.79 Å². The van der Waals surface area contributed by atoms with E-state index >= 15 is 0 Å². The molecule has 0 bridgehead atoms. The smallest absolute Gasteiger partial charge is 0.326 e. The van der Waals surface area contributed by atoms with Crippen molar-refractivity contribution in [3.63, 3.8) is 0 Å². The number of carbonyl (C=O) groups is 5. The van der Waals surface area contributed by atoms with E-state index in [4.69, 9.17) is 0 Å². The summed E-state index contributed by atoms with van der Waals surface area (Å²) in [7, 11) is 0. The Hall–Kier alpha value is -4.79. The molecule has 1 aliphatic carbocycles. The summed E-state index contributed by atoms with van der Waals surface area (Å²) in [5.41, 5.74) is 0.361. The largest absolute Gasteiger partial charge is 0.481 e.